The van der Waals surface area contributed by atoms with E-state index in [0.717, 1.165) is 11.1 Å². The fraction of sp³-hybridized carbons (Fsp3) is 0.214. The van der Waals surface area contributed by atoms with E-state index in [4.69, 9.17) is 27.9 Å². The van der Waals surface area contributed by atoms with Gasteiger partial charge in [0.1, 0.15) is 0 Å². The van der Waals surface area contributed by atoms with Crippen molar-refractivity contribution in [2.45, 2.75) is 37.6 Å². The molecule has 0 radical (unpaired) electrons. The van der Waals surface area contributed by atoms with Crippen LogP contribution in [0.4, 0.5) is 0 Å². The summed E-state index contributed by atoms with van der Waals surface area (Å²) in [5, 5.41) is 2.63. The molecule has 1 aliphatic carbocycles. The zero-order chi connectivity index (χ0) is 24.0. The van der Waals surface area contributed by atoms with Crippen LogP contribution in [-0.2, 0) is 13.4 Å². The van der Waals surface area contributed by atoms with E-state index in [1.807, 2.05) is 6.07 Å². The summed E-state index contributed by atoms with van der Waals surface area (Å²) >= 11 is -3.92. The van der Waals surface area contributed by atoms with Gasteiger partial charge in [-0.1, -0.05) is 0 Å². The fourth-order valence-electron chi connectivity index (χ4n) is 5.31. The van der Waals surface area contributed by atoms with Gasteiger partial charge in [0, 0.05) is 0 Å². The van der Waals surface area contributed by atoms with Gasteiger partial charge in [0.15, 0.2) is 0 Å². The first-order chi connectivity index (χ1) is 15.5. The van der Waals surface area contributed by atoms with E-state index in [-0.39, 0.29) is 0 Å². The zero-order valence-electron chi connectivity index (χ0n) is 19.7. The van der Waals surface area contributed by atoms with Crippen molar-refractivity contribution in [3.05, 3.63) is 113 Å². The molecule has 3 aromatic rings. The average Bonchev–Trinajstić information content (AvgIpc) is 3.20. The Morgan fingerprint density at radius 1 is 0.697 bits per heavy atom. The van der Waals surface area contributed by atoms with Crippen LogP contribution in [-0.4, -0.2) is 8.07 Å². The molecule has 0 aromatic heterocycles. The molecule has 4 rings (SSSR count). The van der Waals surface area contributed by atoms with Crippen LogP contribution in [0.5, 0.6) is 0 Å². The molecule has 5 heteroatoms. The molecule has 0 amide bonds. The Morgan fingerprint density at radius 3 is 1.58 bits per heavy atom. The third-order valence-corrected chi connectivity index (χ3v) is 23.4. The standard InChI is InChI=1S/C28H29Si.3ClH.Ti/c1-20-13-21(2)16-27(15-20)29(5,28-17-22(3)14-23(4)18-28)26-12-11-25(19-26)24-9-7-6-8-10-24;;;;/h6-19H,1-5H3;3*1H;/q;;;;+3/p-3. The average molecular weight is 548 g/mol. The molecule has 33 heavy (non-hydrogen) atoms. The molecule has 0 saturated heterocycles. The van der Waals surface area contributed by atoms with Crippen LogP contribution in [0, 0.1) is 27.7 Å². The van der Waals surface area contributed by atoms with Crippen molar-refractivity contribution in [1.82, 2.24) is 0 Å². The van der Waals surface area contributed by atoms with Gasteiger partial charge < -0.3 is 0 Å². The predicted molar refractivity (Wildman–Crippen MR) is 147 cm³/mol. The minimum absolute atomic E-state index is 0.580. The molecule has 170 valence electrons. The Hall–Kier alpha value is -1.06. The van der Waals surface area contributed by atoms with Gasteiger partial charge in [-0.2, -0.15) is 0 Å². The van der Waals surface area contributed by atoms with Crippen LogP contribution < -0.4 is 10.4 Å². The van der Waals surface area contributed by atoms with Crippen molar-refractivity contribution in [3.63, 3.8) is 0 Å². The van der Waals surface area contributed by atoms with Crippen molar-refractivity contribution in [3.8, 4) is 0 Å². The fourth-order valence-corrected chi connectivity index (χ4v) is 23.5. The van der Waals surface area contributed by atoms with Gasteiger partial charge in [-0.3, -0.25) is 0 Å². The number of benzene rings is 3. The van der Waals surface area contributed by atoms with E-state index in [1.54, 1.807) is 0 Å². The van der Waals surface area contributed by atoms with Crippen LogP contribution in [0.3, 0.4) is 0 Å². The van der Waals surface area contributed by atoms with Gasteiger partial charge in [0.2, 0.25) is 0 Å². The van der Waals surface area contributed by atoms with E-state index in [2.05, 4.69) is 113 Å². The monoisotopic (exact) mass is 546 g/mol. The number of allylic oxidation sites excluding steroid dienone is 4. The molecule has 0 N–H and O–H groups in total. The van der Waals surface area contributed by atoms with Gasteiger partial charge in [0.05, 0.1) is 0 Å². The van der Waals surface area contributed by atoms with Gasteiger partial charge in [-0.05, 0) is 0 Å². The van der Waals surface area contributed by atoms with E-state index < -0.39 is 24.8 Å². The second kappa shape index (κ2) is 9.19. The summed E-state index contributed by atoms with van der Waals surface area (Å²) in [5.41, 5.74) is 7.27. The topological polar surface area (TPSA) is 0 Å². The second-order valence-corrected chi connectivity index (χ2v) is 26.8. The zero-order valence-corrected chi connectivity index (χ0v) is 24.5. The summed E-state index contributed by atoms with van der Waals surface area (Å²) in [5.74, 6) is 0. The molecule has 1 aliphatic rings. The van der Waals surface area contributed by atoms with Gasteiger partial charge in [-0.15, -0.1) is 0 Å². The molecule has 3 aromatic carbocycles. The van der Waals surface area contributed by atoms with E-state index in [0.29, 0.717) is 0 Å². The number of hydrogen-bond donors (Lipinski definition) is 0. The molecule has 0 spiro atoms. The molecular weight excluding hydrogens is 519 g/mol. The van der Waals surface area contributed by atoms with E-state index in [1.165, 1.54) is 32.6 Å². The summed E-state index contributed by atoms with van der Waals surface area (Å²) in [6.07, 6.45) is 6.72. The first-order valence-electron chi connectivity index (χ1n) is 11.2. The first kappa shape index (κ1) is 25.0. The molecular formula is C28H29Cl3SiTi. The Kier molecular flexibility index (Phi) is 6.97. The number of hydrogen-bond acceptors (Lipinski definition) is 0. The molecule has 0 heterocycles. The Labute approximate surface area is 214 Å². The van der Waals surface area contributed by atoms with Crippen LogP contribution in [0.15, 0.2) is 85.0 Å². The predicted octanol–water partition coefficient (Wildman–Crippen LogP) is 8.08. The maximum atomic E-state index is 7.15. The molecule has 0 aliphatic heterocycles. The number of halogens is 3. The van der Waals surface area contributed by atoms with Crippen molar-refractivity contribution < 1.29 is 13.4 Å². The summed E-state index contributed by atoms with van der Waals surface area (Å²) in [6, 6.07) is 24.1. The SMILES string of the molecule is Cc1cc(C)cc([Si](C)(c2cc(C)cc(C)c2)[C]2([Ti]([Cl])([Cl])[Cl])C=CC(c3ccccc3)=C2)c1. The second-order valence-electron chi connectivity index (χ2n) is 9.54. The molecule has 0 nitrogen and oxygen atoms in total. The molecule has 0 saturated carbocycles. The quantitative estimate of drug-likeness (QED) is 0.283. The van der Waals surface area contributed by atoms with Crippen molar-refractivity contribution >= 4 is 51.9 Å². The van der Waals surface area contributed by atoms with E-state index in [9.17, 15) is 0 Å². The van der Waals surface area contributed by atoms with E-state index >= 15 is 0 Å². The van der Waals surface area contributed by atoms with Gasteiger partial charge in [-0.25, -0.2) is 0 Å². The van der Waals surface area contributed by atoms with Crippen molar-refractivity contribution in [2.75, 3.05) is 0 Å². The third-order valence-electron chi connectivity index (χ3n) is 6.91. The molecule has 1 unspecified atom stereocenters. The summed E-state index contributed by atoms with van der Waals surface area (Å²) < 4.78 is -0.580. The maximum absolute atomic E-state index is 7.15. The molecule has 0 bridgehead atoms. The van der Waals surface area contributed by atoms with Crippen LogP contribution >= 0.6 is 27.9 Å². The first-order valence-corrected chi connectivity index (χ1v) is 20.9. The Balaban J connectivity index is 2.09. The van der Waals surface area contributed by atoms with Crippen LogP contribution in [0.1, 0.15) is 27.8 Å². The Bertz CT molecular complexity index is 1170. The van der Waals surface area contributed by atoms with Crippen LogP contribution in [0.25, 0.3) is 5.57 Å². The van der Waals surface area contributed by atoms with Gasteiger partial charge in [0.25, 0.3) is 0 Å². The minimum atomic E-state index is -3.92. The van der Waals surface area contributed by atoms with Gasteiger partial charge >= 0.3 is 216 Å². The van der Waals surface area contributed by atoms with Crippen molar-refractivity contribution in [2.24, 2.45) is 0 Å². The molecule has 0 fully saturated rings. The molecule has 1 atom stereocenters. The Morgan fingerprint density at radius 2 is 1.15 bits per heavy atom. The summed E-state index contributed by atoms with van der Waals surface area (Å²) in [7, 11) is 18.8. The normalized spacial score (nSPS) is 18.5. The summed E-state index contributed by atoms with van der Waals surface area (Å²) in [4.78, 5) is 0. The summed E-state index contributed by atoms with van der Waals surface area (Å²) in [6.45, 7) is 11.0. The number of aryl methyl sites for hydroxylation is 4. The van der Waals surface area contributed by atoms with Crippen molar-refractivity contribution in [1.29, 1.82) is 0 Å². The number of rotatable bonds is 5. The van der Waals surface area contributed by atoms with Crippen LogP contribution in [0.2, 0.25) is 9.89 Å². The third kappa shape index (κ3) is 4.49.